The molecule has 0 aliphatic carbocycles. The Kier molecular flexibility index (Phi) is 168000. The van der Waals surface area contributed by atoms with Crippen LogP contribution in [0.5, 0.6) is 0 Å². The Labute approximate surface area is 564 Å². The summed E-state index contributed by atoms with van der Waals surface area (Å²) in [4.78, 5) is 0. The summed E-state index contributed by atoms with van der Waals surface area (Å²) in [6.07, 6.45) is -1.33. The van der Waals surface area contributed by atoms with E-state index < -0.39 is 12.8 Å². The highest BCUT2D eigenvalue weighted by atomic mass is 12.5. The fraction of sp³-hybridized carbons (Fsp3) is 1.00. The van der Waals surface area contributed by atoms with Crippen LogP contribution in [0.2, 0.25) is 0 Å². The number of rotatable bonds is 0. The van der Waals surface area contributed by atoms with E-state index in [2.05, 4.69) is 108 Å². The van der Waals surface area contributed by atoms with Gasteiger partial charge in [-0.15, -0.1) is 0 Å². The average Bonchev–Trinajstić information content (AvgIpc) is 2.23. The first-order valence-corrected chi connectivity index (χ1v) is 4.00. The predicted molar refractivity (Wildman–Crippen MR) is 492 cm³/mol. The lowest BCUT2D eigenvalue weighted by Crippen LogP contribution is -2.11. The Morgan fingerprint density at radius 1 is 0.132 bits per heavy atom. The van der Waals surface area contributed by atoms with Crippen LogP contribution in [0.25, 0.3) is 0 Å². The molecule has 76 heavy (non-hydrogen) atoms. The van der Waals surface area contributed by atoms with Crippen molar-refractivity contribution in [1.29, 1.82) is 0 Å². The van der Waals surface area contributed by atoms with Gasteiger partial charge in [0.25, 0.3) is 0 Å². The molecule has 0 amide bonds. The summed E-state index contributed by atoms with van der Waals surface area (Å²) in [5.41, 5.74) is 0. The van der Waals surface area contributed by atoms with E-state index in [1.807, 2.05) is 0 Å². The lowest BCUT2D eigenvalue weighted by molar-refractivity contribution is 2.50. The van der Waals surface area contributed by atoms with E-state index in [1.54, 1.807) is 0 Å². The molecule has 0 bridgehead atoms. The van der Waals surface area contributed by atoms with E-state index >= 15 is 0 Å². The first-order valence-electron chi connectivity index (χ1n) is 4.00. The third-order valence-corrected chi connectivity index (χ3v) is 0. The highest BCUT2D eigenvalue weighted by Gasteiger charge is 1.74. The maximum Gasteiger partial charge on any atom is 0 e. The molecule has 0 N–H and O–H groups in total. The first kappa shape index (κ1) is 2540. The Balaban J connectivity index is -0.000000000320. The minimum Gasteiger partial charge on any atom is -0.0776 e. The fourth-order valence-electron chi connectivity index (χ4n) is 0. The topological polar surface area (TPSA) is 0 Å². The molecule has 0 aromatic heterocycles. The average molecular weight is 1110 g/mol. The SMILES string of the molecule is C.C.C.C.C.C.C.C.C.C.C.C.C.C.C.C.C.C.C.C.C.C.C.C.C.C.C.C.C.C.C.C.C.C.C.C.C.C.C.C.C.C.C.C.C.C.C.C.C.C.C.C.C.C.C.C.[B].[B].[B]B([B])[B].[B]B([B])[B].[B][B].[B][B].[B][B][B].[B][B][B]. The van der Waals surface area contributed by atoms with Gasteiger partial charge in [0.1, 0.15) is 0 Å². The van der Waals surface area contributed by atoms with Crippen molar-refractivity contribution in [3.05, 3.63) is 0 Å². The van der Waals surface area contributed by atoms with Gasteiger partial charge in [-0.25, -0.2) is 0 Å². The predicted octanol–water partition coefficient (Wildman–Crippen LogP) is 28.0. The zero-order valence-corrected chi connectivity index (χ0v) is 11.5. The summed E-state index contributed by atoms with van der Waals surface area (Å²) in [5, 5.41) is 0. The van der Waals surface area contributed by atoms with Crippen molar-refractivity contribution in [1.82, 2.24) is 0 Å². The van der Waals surface area contributed by atoms with Crippen LogP contribution in [0.1, 0.15) is 416 Å². The monoisotopic (exact) mass is 1120 g/mol. The molecule has 0 spiro atoms. The van der Waals surface area contributed by atoms with Crippen molar-refractivity contribution in [2.24, 2.45) is 0 Å². The van der Waals surface area contributed by atoms with E-state index in [4.69, 9.17) is 0 Å². The van der Waals surface area contributed by atoms with Crippen molar-refractivity contribution in [3.63, 3.8) is 0 Å². The highest BCUT2D eigenvalue weighted by molar-refractivity contribution is 7.49. The van der Waals surface area contributed by atoms with Gasteiger partial charge >= 0.3 is 0 Å². The van der Waals surface area contributed by atoms with E-state index in [-0.39, 0.29) is 433 Å². The Hall–Kier alpha value is 1.30. The van der Waals surface area contributed by atoms with Gasteiger partial charge in [0.05, 0.1) is 0 Å². The molecule has 0 saturated carbocycles. The molecule has 0 fully saturated rings. The summed E-state index contributed by atoms with van der Waals surface area (Å²) in [7, 11) is 64.0. The van der Waals surface area contributed by atoms with Gasteiger partial charge in [0.15, 0.2) is 0 Å². The van der Waals surface area contributed by atoms with Crippen LogP contribution in [0.3, 0.4) is 0 Å². The lowest BCUT2D eigenvalue weighted by Gasteiger charge is -1.73. The second-order valence-corrected chi connectivity index (χ2v) is 1.54. The molecule has 36 radical (unpaired) electrons. The second-order valence-electron chi connectivity index (χ2n) is 1.54. The summed E-state index contributed by atoms with van der Waals surface area (Å²) in [5.74, 6) is 0. The van der Waals surface area contributed by atoms with Crippen molar-refractivity contribution in [2.75, 3.05) is 0 Å². The van der Waals surface area contributed by atoms with Crippen molar-refractivity contribution >= 4 is 152 Å². The minimum absolute atomic E-state index is 0. The standard InChI is InChI=1S/56CH4.2B4.2B3.2B2.2B/c;;;;;;;;;;;;;;;;;;;;;;;;;;;;;;;;;;;;;;;;;;;;;;;;;;;;;;;;2*1-4(2)3;2*1-3-2;2*1-2;;/h56*1H4;;;;;;;;. The van der Waals surface area contributed by atoms with Gasteiger partial charge in [0.2, 0.25) is 0 Å². The molecule has 0 nitrogen and oxygen atoms in total. The van der Waals surface area contributed by atoms with E-state index in [1.165, 1.54) is 0 Å². The quantitative estimate of drug-likeness (QED) is 0.212. The first-order chi connectivity index (χ1) is 8.29. The molecule has 0 atom stereocenters. The highest BCUT2D eigenvalue weighted by Crippen LogP contribution is 1.36. The van der Waals surface area contributed by atoms with Crippen molar-refractivity contribution in [3.8, 4) is 0 Å². The fourth-order valence-corrected chi connectivity index (χ4v) is 0. The molecular formula is C56H224B20. The molecule has 0 unspecified atom stereocenters. The number of hydrogen-bond donors (Lipinski definition) is 0. The zero-order chi connectivity index (χ0) is 16.6. The van der Waals surface area contributed by atoms with Gasteiger partial charge in [-0.2, -0.15) is 0 Å². The summed E-state index contributed by atoms with van der Waals surface area (Å²) >= 11 is 0. The van der Waals surface area contributed by atoms with E-state index in [0.717, 1.165) is 14.1 Å². The molecule has 0 saturated heterocycles. The third kappa shape index (κ3) is 246000. The molecule has 0 heterocycles. The maximum absolute atomic E-state index is 4.67. The maximum atomic E-state index is 4.67. The van der Waals surface area contributed by atoms with E-state index in [9.17, 15) is 0 Å². The van der Waals surface area contributed by atoms with Crippen LogP contribution in [0, 0.1) is 0 Å². The molecule has 0 aliphatic heterocycles. The van der Waals surface area contributed by atoms with Crippen LogP contribution >= 0.6 is 0 Å². The molecule has 0 aliphatic rings. The lowest BCUT2D eigenvalue weighted by atomic mass is 9.08. The summed E-state index contributed by atoms with van der Waals surface area (Å²) < 4.78 is 0. The normalized spacial score (nSPS) is 1.05. The second kappa shape index (κ2) is 5000. The number of hydrogen-bond acceptors (Lipinski definition) is 0. The van der Waals surface area contributed by atoms with Crippen LogP contribution in [-0.2, 0) is 0 Å². The van der Waals surface area contributed by atoms with Crippen molar-refractivity contribution in [2.45, 2.75) is 416 Å². The largest absolute Gasteiger partial charge is 0.0776 e. The van der Waals surface area contributed by atoms with Crippen LogP contribution in [0.15, 0.2) is 0 Å². The van der Waals surface area contributed by atoms with Crippen LogP contribution < -0.4 is 0 Å². The van der Waals surface area contributed by atoms with Gasteiger partial charge in [0, 0.05) is 152 Å². The molecule has 0 aromatic carbocycles. The molecular weight excluding hydrogens is 889 g/mol. The molecule has 508 valence electrons. The van der Waals surface area contributed by atoms with Crippen LogP contribution in [0.4, 0.5) is 0 Å². The minimum atomic E-state index is -0.667. The summed E-state index contributed by atoms with van der Waals surface area (Å²) in [6, 6.07) is 0. The molecule has 20 heteroatoms. The Bertz CT molecular complexity index is 93.7. The van der Waals surface area contributed by atoms with Gasteiger partial charge in [-0.05, 0) is 0 Å². The smallest absolute Gasteiger partial charge is 0 e. The van der Waals surface area contributed by atoms with E-state index in [0.29, 0.717) is 0 Å². The third-order valence-electron chi connectivity index (χ3n) is 0. The van der Waals surface area contributed by atoms with Crippen molar-refractivity contribution < 1.29 is 0 Å². The Morgan fingerprint density at radius 3 is 0.132 bits per heavy atom. The summed E-state index contributed by atoms with van der Waals surface area (Å²) in [6.45, 7) is 0. The van der Waals surface area contributed by atoms with Gasteiger partial charge < -0.3 is 0 Å². The van der Waals surface area contributed by atoms with Crippen LogP contribution in [-0.4, -0.2) is 152 Å². The van der Waals surface area contributed by atoms with Gasteiger partial charge in [-0.3, -0.25) is 0 Å². The Morgan fingerprint density at radius 2 is 0.132 bits per heavy atom. The zero-order valence-electron chi connectivity index (χ0n) is 11.5. The molecule has 0 rings (SSSR count). The van der Waals surface area contributed by atoms with Gasteiger partial charge in [-0.1, -0.05) is 416 Å². The molecule has 0 aromatic rings.